The fraction of sp³-hybridized carbons (Fsp3) is 0.357. The first-order chi connectivity index (χ1) is 16.7. The monoisotopic (exact) mass is 538 g/mol. The summed E-state index contributed by atoms with van der Waals surface area (Å²) in [6.07, 6.45) is 2.31. The van der Waals surface area contributed by atoms with E-state index in [4.69, 9.17) is 9.47 Å². The highest BCUT2D eigenvalue weighted by Gasteiger charge is 2.16. The number of ether oxygens (including phenoxy) is 2. The number of aryl methyl sites for hydroxylation is 1. The molecule has 0 N–H and O–H groups in total. The largest absolute Gasteiger partial charge is 0.457 e. The molecule has 36 heavy (non-hydrogen) atoms. The van der Waals surface area contributed by atoms with Gasteiger partial charge < -0.3 is 14.4 Å². The number of halogens is 4. The predicted octanol–water partition coefficient (Wildman–Crippen LogP) is 6.37. The summed E-state index contributed by atoms with van der Waals surface area (Å²) >= 11 is 0. The van der Waals surface area contributed by atoms with Gasteiger partial charge in [0.05, 0.1) is 13.2 Å². The molecule has 0 saturated carbocycles. The highest BCUT2D eigenvalue weighted by Crippen LogP contribution is 2.27. The van der Waals surface area contributed by atoms with E-state index in [1.807, 2.05) is 0 Å². The molecule has 0 atom stereocenters. The van der Waals surface area contributed by atoms with Crippen molar-refractivity contribution in [1.82, 2.24) is 9.80 Å². The van der Waals surface area contributed by atoms with E-state index in [0.29, 0.717) is 24.7 Å². The van der Waals surface area contributed by atoms with E-state index in [1.54, 1.807) is 18.2 Å². The summed E-state index contributed by atoms with van der Waals surface area (Å²) in [7, 11) is 0. The van der Waals surface area contributed by atoms with E-state index in [-0.39, 0.29) is 24.8 Å². The number of hydrogen-bond acceptors (Lipinski definition) is 4. The molecular weight excluding hydrogens is 505 g/mol. The van der Waals surface area contributed by atoms with Crippen molar-refractivity contribution in [1.29, 1.82) is 0 Å². The van der Waals surface area contributed by atoms with E-state index >= 15 is 0 Å². The summed E-state index contributed by atoms with van der Waals surface area (Å²) in [4.78, 5) is 4.96. The topological polar surface area (TPSA) is 24.9 Å². The molecule has 1 saturated heterocycles. The van der Waals surface area contributed by atoms with Crippen molar-refractivity contribution in [2.24, 2.45) is 0 Å². The van der Waals surface area contributed by atoms with Gasteiger partial charge in [-0.15, -0.1) is 24.8 Å². The summed E-state index contributed by atoms with van der Waals surface area (Å²) in [5.74, 6) is -0.136. The minimum Gasteiger partial charge on any atom is -0.457 e. The predicted molar refractivity (Wildman–Crippen MR) is 145 cm³/mol. The van der Waals surface area contributed by atoms with Crippen molar-refractivity contribution in [2.45, 2.75) is 19.4 Å². The summed E-state index contributed by atoms with van der Waals surface area (Å²) in [5.41, 5.74) is 2.14. The third-order valence-electron chi connectivity index (χ3n) is 6.11. The zero-order valence-corrected chi connectivity index (χ0v) is 21.9. The second-order valence-electron chi connectivity index (χ2n) is 8.64. The summed E-state index contributed by atoms with van der Waals surface area (Å²) in [6.45, 7) is 7.14. The van der Waals surface area contributed by atoms with Crippen LogP contribution in [-0.4, -0.2) is 55.7 Å². The SMILES string of the molecule is Cl.Cl.Fc1cccc(Oc2cc(F)ccc2COCCN2CCN(CCCc3ccccc3)CC2)c1. The van der Waals surface area contributed by atoms with Crippen LogP contribution in [0.25, 0.3) is 0 Å². The smallest absolute Gasteiger partial charge is 0.135 e. The second kappa shape index (κ2) is 15.8. The van der Waals surface area contributed by atoms with Gasteiger partial charge in [-0.3, -0.25) is 4.90 Å². The molecule has 3 aromatic carbocycles. The Morgan fingerprint density at radius 1 is 0.722 bits per heavy atom. The lowest BCUT2D eigenvalue weighted by Gasteiger charge is -2.34. The molecule has 0 amide bonds. The summed E-state index contributed by atoms with van der Waals surface area (Å²) in [5, 5.41) is 0. The van der Waals surface area contributed by atoms with Crippen LogP contribution in [0.15, 0.2) is 72.8 Å². The standard InChI is InChI=1S/C28H32F2N2O2.2ClH/c29-25-9-4-10-27(20-25)34-28-21-26(30)12-11-24(28)22-33-19-18-32-16-14-31(15-17-32)13-5-8-23-6-2-1-3-7-23;;/h1-4,6-7,9-12,20-21H,5,8,13-19,22H2;2*1H. The average Bonchev–Trinajstić information content (AvgIpc) is 2.85. The van der Waals surface area contributed by atoms with Gasteiger partial charge in [0, 0.05) is 50.4 Å². The Balaban J connectivity index is 0.00000228. The van der Waals surface area contributed by atoms with Crippen molar-refractivity contribution < 1.29 is 18.3 Å². The third-order valence-corrected chi connectivity index (χ3v) is 6.11. The molecule has 1 aliphatic rings. The van der Waals surface area contributed by atoms with Crippen LogP contribution in [-0.2, 0) is 17.8 Å². The van der Waals surface area contributed by atoms with Crippen LogP contribution in [0, 0.1) is 11.6 Å². The highest BCUT2D eigenvalue weighted by atomic mass is 35.5. The van der Waals surface area contributed by atoms with Crippen molar-refractivity contribution in [2.75, 3.05) is 45.9 Å². The molecule has 196 valence electrons. The van der Waals surface area contributed by atoms with E-state index in [2.05, 4.69) is 40.1 Å². The molecule has 3 aromatic rings. The van der Waals surface area contributed by atoms with Gasteiger partial charge in [-0.1, -0.05) is 42.5 Å². The Bertz CT molecular complexity index is 1040. The van der Waals surface area contributed by atoms with Crippen molar-refractivity contribution in [3.05, 3.63) is 95.6 Å². The third kappa shape index (κ3) is 9.68. The van der Waals surface area contributed by atoms with Gasteiger partial charge in [0.25, 0.3) is 0 Å². The molecule has 0 aromatic heterocycles. The normalized spacial score (nSPS) is 14.1. The maximum absolute atomic E-state index is 13.8. The van der Waals surface area contributed by atoms with Crippen molar-refractivity contribution in [3.8, 4) is 11.5 Å². The van der Waals surface area contributed by atoms with E-state index in [9.17, 15) is 8.78 Å². The van der Waals surface area contributed by atoms with Gasteiger partial charge in [0.1, 0.15) is 23.1 Å². The van der Waals surface area contributed by atoms with Crippen LogP contribution in [0.2, 0.25) is 0 Å². The van der Waals surface area contributed by atoms with E-state index in [1.165, 1.54) is 36.2 Å². The quantitative estimate of drug-likeness (QED) is 0.265. The molecule has 4 rings (SSSR count). The zero-order chi connectivity index (χ0) is 23.6. The maximum Gasteiger partial charge on any atom is 0.135 e. The molecule has 0 bridgehead atoms. The Morgan fingerprint density at radius 2 is 1.42 bits per heavy atom. The minimum absolute atomic E-state index is 0. The summed E-state index contributed by atoms with van der Waals surface area (Å²) in [6, 6.07) is 20.8. The number of piperazine rings is 1. The van der Waals surface area contributed by atoms with Crippen LogP contribution in [0.3, 0.4) is 0 Å². The molecular formula is C28H34Cl2F2N2O2. The molecule has 8 heteroatoms. The first-order valence-corrected chi connectivity index (χ1v) is 11.9. The Morgan fingerprint density at radius 3 is 2.14 bits per heavy atom. The first kappa shape index (κ1) is 30.0. The van der Waals surface area contributed by atoms with E-state index < -0.39 is 11.6 Å². The highest BCUT2D eigenvalue weighted by molar-refractivity contribution is 5.85. The van der Waals surface area contributed by atoms with Gasteiger partial charge in [0.2, 0.25) is 0 Å². The van der Waals surface area contributed by atoms with Crippen LogP contribution in [0.1, 0.15) is 17.5 Å². The second-order valence-corrected chi connectivity index (χ2v) is 8.64. The van der Waals surface area contributed by atoms with E-state index in [0.717, 1.165) is 51.3 Å². The fourth-order valence-corrected chi connectivity index (χ4v) is 4.16. The first-order valence-electron chi connectivity index (χ1n) is 11.9. The lowest BCUT2D eigenvalue weighted by Crippen LogP contribution is -2.47. The minimum atomic E-state index is -0.406. The number of hydrogen-bond donors (Lipinski definition) is 0. The van der Waals surface area contributed by atoms with Gasteiger partial charge in [0.15, 0.2) is 0 Å². The molecule has 0 radical (unpaired) electrons. The maximum atomic E-state index is 13.8. The molecule has 0 spiro atoms. The average molecular weight is 539 g/mol. The van der Waals surface area contributed by atoms with Crippen LogP contribution < -0.4 is 4.74 Å². The molecule has 4 nitrogen and oxygen atoms in total. The number of rotatable bonds is 11. The molecule has 1 aliphatic heterocycles. The van der Waals surface area contributed by atoms with Gasteiger partial charge >= 0.3 is 0 Å². The lowest BCUT2D eigenvalue weighted by atomic mass is 10.1. The van der Waals surface area contributed by atoms with Gasteiger partial charge in [-0.05, 0) is 43.1 Å². The number of nitrogens with zero attached hydrogens (tertiary/aromatic N) is 2. The summed E-state index contributed by atoms with van der Waals surface area (Å²) < 4.78 is 38.8. The Labute approximate surface area is 225 Å². The van der Waals surface area contributed by atoms with Crippen molar-refractivity contribution >= 4 is 24.8 Å². The van der Waals surface area contributed by atoms with Gasteiger partial charge in [-0.2, -0.15) is 0 Å². The Hall–Kier alpha value is -2.22. The molecule has 1 fully saturated rings. The molecule has 1 heterocycles. The van der Waals surface area contributed by atoms with Crippen molar-refractivity contribution in [3.63, 3.8) is 0 Å². The lowest BCUT2D eigenvalue weighted by molar-refractivity contribution is 0.0676. The van der Waals surface area contributed by atoms with Gasteiger partial charge in [-0.25, -0.2) is 8.78 Å². The molecule has 0 unspecified atom stereocenters. The number of benzene rings is 3. The Kier molecular flexibility index (Phi) is 13.2. The molecule has 0 aliphatic carbocycles. The zero-order valence-electron chi connectivity index (χ0n) is 20.3. The van der Waals surface area contributed by atoms with Crippen LogP contribution in [0.4, 0.5) is 8.78 Å². The fourth-order valence-electron chi connectivity index (χ4n) is 4.16. The van der Waals surface area contributed by atoms with Crippen LogP contribution in [0.5, 0.6) is 11.5 Å². The van der Waals surface area contributed by atoms with Crippen LogP contribution >= 0.6 is 24.8 Å².